The summed E-state index contributed by atoms with van der Waals surface area (Å²) >= 11 is 6.17. The normalized spacial score (nSPS) is 16.0. The van der Waals surface area contributed by atoms with Gasteiger partial charge in [-0.3, -0.25) is 19.8 Å². The fraction of sp³-hybridized carbons (Fsp3) is 0.242. The lowest BCUT2D eigenvalue weighted by Crippen LogP contribution is -2.47. The second kappa shape index (κ2) is 12.6. The maximum atomic E-state index is 12.9. The predicted octanol–water partition coefficient (Wildman–Crippen LogP) is 6.84. The highest BCUT2D eigenvalue weighted by atomic mass is 35.5. The van der Waals surface area contributed by atoms with Gasteiger partial charge in [-0.15, -0.1) is 0 Å². The maximum Gasteiger partial charge on any atom is 0.277 e. The number of hydrogen-bond acceptors (Lipinski definition) is 4. The van der Waals surface area contributed by atoms with E-state index < -0.39 is 11.9 Å². The molecule has 39 heavy (non-hydrogen) atoms. The molecule has 1 fully saturated rings. The van der Waals surface area contributed by atoms with Gasteiger partial charge in [-0.05, 0) is 53.4 Å². The van der Waals surface area contributed by atoms with Gasteiger partial charge in [0, 0.05) is 43.3 Å². The molecular formula is C33H34ClN3O2. The molecular weight excluding hydrogens is 506 g/mol. The van der Waals surface area contributed by atoms with Crippen LogP contribution >= 0.6 is 11.6 Å². The quantitative estimate of drug-likeness (QED) is 0.197. The summed E-state index contributed by atoms with van der Waals surface area (Å²) in [4.78, 5) is 17.9. The van der Waals surface area contributed by atoms with Crippen molar-refractivity contribution in [1.82, 2.24) is 14.9 Å². The van der Waals surface area contributed by atoms with Gasteiger partial charge < -0.3 is 0 Å². The third-order valence-electron chi connectivity index (χ3n) is 7.54. The van der Waals surface area contributed by atoms with Gasteiger partial charge in [-0.2, -0.15) is 0 Å². The van der Waals surface area contributed by atoms with Gasteiger partial charge >= 0.3 is 0 Å². The molecule has 4 aromatic rings. The van der Waals surface area contributed by atoms with E-state index in [1.54, 1.807) is 12.1 Å². The summed E-state index contributed by atoms with van der Waals surface area (Å²) in [6.07, 6.45) is 0. The van der Waals surface area contributed by atoms with Crippen molar-refractivity contribution in [3.05, 3.63) is 142 Å². The number of hydroxylamine groups is 2. The Morgan fingerprint density at radius 1 is 0.769 bits per heavy atom. The molecule has 2 unspecified atom stereocenters. The van der Waals surface area contributed by atoms with Crippen LogP contribution in [-0.4, -0.2) is 52.2 Å². The Morgan fingerprint density at radius 2 is 1.31 bits per heavy atom. The Bertz CT molecular complexity index is 1340. The summed E-state index contributed by atoms with van der Waals surface area (Å²) in [5, 5.41) is 12.1. The summed E-state index contributed by atoms with van der Waals surface area (Å²) in [6.45, 7) is 6.46. The zero-order valence-corrected chi connectivity index (χ0v) is 22.9. The van der Waals surface area contributed by atoms with Crippen LogP contribution in [0.3, 0.4) is 0 Å². The Balaban J connectivity index is 1.20. The Hall–Kier alpha value is -3.48. The number of hydrogen-bond donors (Lipinski definition) is 1. The lowest BCUT2D eigenvalue weighted by atomic mass is 9.96. The lowest BCUT2D eigenvalue weighted by molar-refractivity contribution is -0.0854. The van der Waals surface area contributed by atoms with Gasteiger partial charge in [0.25, 0.3) is 5.91 Å². The smallest absolute Gasteiger partial charge is 0.277 e. The van der Waals surface area contributed by atoms with E-state index in [0.717, 1.165) is 53.9 Å². The second-order valence-electron chi connectivity index (χ2n) is 10.1. The van der Waals surface area contributed by atoms with E-state index >= 15 is 0 Å². The average Bonchev–Trinajstić information content (AvgIpc) is 2.99. The molecule has 1 aliphatic rings. The van der Waals surface area contributed by atoms with Crippen LogP contribution in [0.5, 0.6) is 0 Å². The van der Waals surface area contributed by atoms with Gasteiger partial charge in [0.15, 0.2) is 0 Å². The van der Waals surface area contributed by atoms with Crippen LogP contribution in [0.25, 0.3) is 0 Å². The molecule has 4 aromatic carbocycles. The number of nitrogens with zero attached hydrogens (tertiary/aromatic N) is 3. The first kappa shape index (κ1) is 27.1. The molecule has 6 heteroatoms. The molecule has 5 rings (SSSR count). The fourth-order valence-electron chi connectivity index (χ4n) is 5.27. The number of halogens is 1. The molecule has 1 heterocycles. The van der Waals surface area contributed by atoms with Crippen molar-refractivity contribution in [3.63, 3.8) is 0 Å². The first-order chi connectivity index (χ1) is 19.0. The van der Waals surface area contributed by atoms with Gasteiger partial charge in [0.2, 0.25) is 0 Å². The standard InChI is InChI=1S/C33H34ClN3O2/c1-25(27-8-4-2-5-9-27)37(39)33(38)30-14-12-26(13-15-30)24-35-20-22-36(23-21-35)32(28-10-6-3-7-11-28)29-16-18-31(34)19-17-29/h2-19,25,32,39H,20-24H2,1H3. The number of benzene rings is 4. The molecule has 1 amide bonds. The number of carbonyl (C=O) groups is 1. The first-order valence-electron chi connectivity index (χ1n) is 13.4. The molecule has 5 nitrogen and oxygen atoms in total. The van der Waals surface area contributed by atoms with Crippen molar-refractivity contribution in [2.24, 2.45) is 0 Å². The summed E-state index contributed by atoms with van der Waals surface area (Å²) in [7, 11) is 0. The molecule has 0 bridgehead atoms. The molecule has 1 N–H and O–H groups in total. The molecule has 0 spiro atoms. The maximum absolute atomic E-state index is 12.9. The van der Waals surface area contributed by atoms with Gasteiger partial charge in [-0.1, -0.05) is 96.5 Å². The minimum absolute atomic E-state index is 0.190. The number of piperazine rings is 1. The highest BCUT2D eigenvalue weighted by molar-refractivity contribution is 6.30. The Morgan fingerprint density at radius 3 is 1.90 bits per heavy atom. The Kier molecular flexibility index (Phi) is 8.74. The molecule has 1 aliphatic heterocycles. The minimum atomic E-state index is -0.428. The highest BCUT2D eigenvalue weighted by Crippen LogP contribution is 2.30. The van der Waals surface area contributed by atoms with Crippen molar-refractivity contribution < 1.29 is 10.0 Å². The third-order valence-corrected chi connectivity index (χ3v) is 7.79. The molecule has 0 radical (unpaired) electrons. The summed E-state index contributed by atoms with van der Waals surface area (Å²) < 4.78 is 0. The van der Waals surface area contributed by atoms with Crippen molar-refractivity contribution in [2.45, 2.75) is 25.6 Å². The van der Waals surface area contributed by atoms with Gasteiger partial charge in [0.1, 0.15) is 0 Å². The highest BCUT2D eigenvalue weighted by Gasteiger charge is 2.27. The van der Waals surface area contributed by atoms with Crippen LogP contribution in [0.4, 0.5) is 0 Å². The van der Waals surface area contributed by atoms with Crippen molar-refractivity contribution in [2.75, 3.05) is 26.2 Å². The van der Waals surface area contributed by atoms with E-state index in [1.165, 1.54) is 11.1 Å². The van der Waals surface area contributed by atoms with Crippen LogP contribution in [0, 0.1) is 0 Å². The van der Waals surface area contributed by atoms with Crippen molar-refractivity contribution in [3.8, 4) is 0 Å². The number of rotatable bonds is 8. The molecule has 2 atom stereocenters. The summed E-state index contributed by atoms with van der Waals surface area (Å²) in [5.41, 5.74) is 5.04. The van der Waals surface area contributed by atoms with E-state index in [9.17, 15) is 10.0 Å². The van der Waals surface area contributed by atoms with Crippen LogP contribution in [-0.2, 0) is 6.54 Å². The third kappa shape index (κ3) is 6.57. The largest absolute Gasteiger partial charge is 0.297 e. The monoisotopic (exact) mass is 539 g/mol. The molecule has 1 saturated heterocycles. The summed E-state index contributed by atoms with van der Waals surface area (Å²) in [6, 6.07) is 35.7. The SMILES string of the molecule is CC(c1ccccc1)N(O)C(=O)c1ccc(CN2CCN(C(c3ccccc3)c3ccc(Cl)cc3)CC2)cc1. The van der Waals surface area contributed by atoms with E-state index in [-0.39, 0.29) is 6.04 Å². The molecule has 0 aromatic heterocycles. The van der Waals surface area contributed by atoms with Crippen LogP contribution in [0.1, 0.15) is 51.6 Å². The van der Waals surface area contributed by atoms with Crippen LogP contribution in [0.15, 0.2) is 109 Å². The second-order valence-corrected chi connectivity index (χ2v) is 10.5. The van der Waals surface area contributed by atoms with Crippen LogP contribution in [0.2, 0.25) is 5.02 Å². The predicted molar refractivity (Wildman–Crippen MR) is 156 cm³/mol. The van der Waals surface area contributed by atoms with E-state index in [2.05, 4.69) is 52.3 Å². The van der Waals surface area contributed by atoms with Crippen molar-refractivity contribution in [1.29, 1.82) is 0 Å². The van der Waals surface area contributed by atoms with Gasteiger partial charge in [-0.25, -0.2) is 5.06 Å². The van der Waals surface area contributed by atoms with Crippen LogP contribution < -0.4 is 0 Å². The van der Waals surface area contributed by atoms with E-state index in [4.69, 9.17) is 11.6 Å². The average molecular weight is 540 g/mol. The van der Waals surface area contributed by atoms with E-state index in [0.29, 0.717) is 5.56 Å². The lowest BCUT2D eigenvalue weighted by Gasteiger charge is -2.40. The molecule has 200 valence electrons. The molecule has 0 aliphatic carbocycles. The topological polar surface area (TPSA) is 47.0 Å². The zero-order chi connectivity index (χ0) is 27.2. The number of carbonyl (C=O) groups excluding carboxylic acids is 1. The van der Waals surface area contributed by atoms with E-state index in [1.807, 2.05) is 61.5 Å². The van der Waals surface area contributed by atoms with Gasteiger partial charge in [0.05, 0.1) is 12.1 Å². The zero-order valence-electron chi connectivity index (χ0n) is 22.2. The first-order valence-corrected chi connectivity index (χ1v) is 13.8. The fourth-order valence-corrected chi connectivity index (χ4v) is 5.39. The number of amides is 1. The summed E-state index contributed by atoms with van der Waals surface area (Å²) in [5.74, 6) is -0.402. The Labute approximate surface area is 235 Å². The molecule has 0 saturated carbocycles. The minimum Gasteiger partial charge on any atom is -0.297 e. The van der Waals surface area contributed by atoms with Crippen molar-refractivity contribution >= 4 is 17.5 Å².